The van der Waals surface area contributed by atoms with Crippen LogP contribution in [0.3, 0.4) is 0 Å². The molecule has 0 aliphatic heterocycles. The lowest BCUT2D eigenvalue weighted by Crippen LogP contribution is -2.12. The van der Waals surface area contributed by atoms with E-state index < -0.39 is 0 Å². The first kappa shape index (κ1) is 12.6. The van der Waals surface area contributed by atoms with Crippen LogP contribution in [0.25, 0.3) is 0 Å². The minimum Gasteiger partial charge on any atom is -0.388 e. The topological polar surface area (TPSA) is 20.2 Å². The van der Waals surface area contributed by atoms with Gasteiger partial charge in [0.05, 0.1) is 6.10 Å². The van der Waals surface area contributed by atoms with Crippen molar-refractivity contribution in [1.82, 2.24) is 0 Å². The Morgan fingerprint density at radius 3 is 2.59 bits per heavy atom. The quantitative estimate of drug-likeness (QED) is 0.822. The van der Waals surface area contributed by atoms with Gasteiger partial charge in [-0.3, -0.25) is 0 Å². The highest BCUT2D eigenvalue weighted by molar-refractivity contribution is 5.29. The van der Waals surface area contributed by atoms with Crippen molar-refractivity contribution in [2.24, 2.45) is 5.92 Å². The third-order valence-corrected chi connectivity index (χ3v) is 4.08. The number of hydrogen-bond donors (Lipinski definition) is 1. The second-order valence-corrected chi connectivity index (χ2v) is 5.31. The molecule has 0 saturated heterocycles. The first-order chi connectivity index (χ1) is 8.31. The normalized spacial score (nSPS) is 19.2. The molecule has 1 N–H and O–H groups in total. The average molecular weight is 232 g/mol. The molecule has 1 unspecified atom stereocenters. The molecule has 1 aliphatic carbocycles. The lowest BCUT2D eigenvalue weighted by Gasteiger charge is -2.25. The van der Waals surface area contributed by atoms with E-state index >= 15 is 0 Å². The van der Waals surface area contributed by atoms with Gasteiger partial charge in [0.1, 0.15) is 0 Å². The molecular weight excluding hydrogens is 208 g/mol. The zero-order valence-corrected chi connectivity index (χ0v) is 10.9. The predicted octanol–water partition coefficient (Wildman–Crippen LogP) is 4.25. The lowest BCUT2D eigenvalue weighted by molar-refractivity contribution is 0.130. The van der Waals surface area contributed by atoms with Crippen LogP contribution in [-0.4, -0.2) is 5.11 Å². The third kappa shape index (κ3) is 3.32. The monoisotopic (exact) mass is 232 g/mol. The Balaban J connectivity index is 2.00. The summed E-state index contributed by atoms with van der Waals surface area (Å²) in [6, 6.07) is 8.33. The maximum Gasteiger partial charge on any atom is 0.0795 e. The average Bonchev–Trinajstić information content (AvgIpc) is 2.40. The third-order valence-electron chi connectivity index (χ3n) is 4.08. The summed E-state index contributed by atoms with van der Waals surface area (Å²) in [5.74, 6) is 0.740. The summed E-state index contributed by atoms with van der Waals surface area (Å²) in [5.41, 5.74) is 2.45. The first-order valence-electron chi connectivity index (χ1n) is 7.07. The van der Waals surface area contributed by atoms with Crippen molar-refractivity contribution in [1.29, 1.82) is 0 Å². The molecule has 94 valence electrons. The van der Waals surface area contributed by atoms with E-state index in [4.69, 9.17) is 0 Å². The van der Waals surface area contributed by atoms with Gasteiger partial charge in [-0.05, 0) is 29.9 Å². The van der Waals surface area contributed by atoms with Gasteiger partial charge in [0, 0.05) is 0 Å². The standard InChI is InChI=1S/C16H24O/c1-2-14-10-6-7-11-15(14)16(17)12-13-8-4-3-5-9-13/h6-7,10-11,13,16-17H,2-5,8-9,12H2,1H3. The van der Waals surface area contributed by atoms with Gasteiger partial charge in [-0.2, -0.15) is 0 Å². The Hall–Kier alpha value is -0.820. The smallest absolute Gasteiger partial charge is 0.0795 e. The fourth-order valence-electron chi connectivity index (χ4n) is 3.05. The van der Waals surface area contributed by atoms with Gasteiger partial charge < -0.3 is 5.11 Å². The van der Waals surface area contributed by atoms with Gasteiger partial charge in [-0.25, -0.2) is 0 Å². The highest BCUT2D eigenvalue weighted by Crippen LogP contribution is 2.32. The van der Waals surface area contributed by atoms with Crippen LogP contribution in [0, 0.1) is 5.92 Å². The van der Waals surface area contributed by atoms with Crippen LogP contribution in [0.5, 0.6) is 0 Å². The molecule has 0 radical (unpaired) electrons. The van der Waals surface area contributed by atoms with Gasteiger partial charge in [-0.1, -0.05) is 63.3 Å². The van der Waals surface area contributed by atoms with Gasteiger partial charge in [0.15, 0.2) is 0 Å². The maximum atomic E-state index is 10.4. The molecule has 1 aromatic rings. The summed E-state index contributed by atoms with van der Waals surface area (Å²) in [6.07, 6.45) is 8.43. The molecular formula is C16H24O. The van der Waals surface area contributed by atoms with Gasteiger partial charge in [0.2, 0.25) is 0 Å². The molecule has 1 atom stereocenters. The molecule has 1 nitrogen and oxygen atoms in total. The van der Waals surface area contributed by atoms with Crippen LogP contribution in [0.4, 0.5) is 0 Å². The highest BCUT2D eigenvalue weighted by atomic mass is 16.3. The first-order valence-corrected chi connectivity index (χ1v) is 7.07. The summed E-state index contributed by atoms with van der Waals surface area (Å²) in [7, 11) is 0. The summed E-state index contributed by atoms with van der Waals surface area (Å²) in [4.78, 5) is 0. The SMILES string of the molecule is CCc1ccccc1C(O)CC1CCCCC1. The van der Waals surface area contributed by atoms with Crippen molar-refractivity contribution in [2.75, 3.05) is 0 Å². The molecule has 0 amide bonds. The Labute approximate surface area is 105 Å². The number of aryl methyl sites for hydroxylation is 1. The van der Waals surface area contributed by atoms with Crippen LogP contribution in [0.2, 0.25) is 0 Å². The van der Waals surface area contributed by atoms with Gasteiger partial charge >= 0.3 is 0 Å². The molecule has 1 fully saturated rings. The van der Waals surface area contributed by atoms with Crippen molar-refractivity contribution in [3.8, 4) is 0 Å². The molecule has 1 aromatic carbocycles. The number of rotatable bonds is 4. The van der Waals surface area contributed by atoms with Crippen molar-refractivity contribution in [3.05, 3.63) is 35.4 Å². The van der Waals surface area contributed by atoms with Crippen molar-refractivity contribution in [3.63, 3.8) is 0 Å². The minimum atomic E-state index is -0.255. The van der Waals surface area contributed by atoms with E-state index in [9.17, 15) is 5.11 Å². The molecule has 1 aliphatic rings. The molecule has 2 rings (SSSR count). The van der Waals surface area contributed by atoms with Crippen LogP contribution in [-0.2, 0) is 6.42 Å². The zero-order valence-electron chi connectivity index (χ0n) is 10.9. The number of hydrogen-bond acceptors (Lipinski definition) is 1. The number of aliphatic hydroxyl groups is 1. The molecule has 0 bridgehead atoms. The zero-order chi connectivity index (χ0) is 12.1. The summed E-state index contributed by atoms with van der Waals surface area (Å²) in [5, 5.41) is 10.4. The molecule has 0 heterocycles. The summed E-state index contributed by atoms with van der Waals surface area (Å²) in [6.45, 7) is 2.16. The lowest BCUT2D eigenvalue weighted by atomic mass is 9.83. The number of aliphatic hydroxyl groups excluding tert-OH is 1. The van der Waals surface area contributed by atoms with Gasteiger partial charge in [0.25, 0.3) is 0 Å². The fourth-order valence-corrected chi connectivity index (χ4v) is 3.05. The largest absolute Gasteiger partial charge is 0.388 e. The maximum absolute atomic E-state index is 10.4. The molecule has 17 heavy (non-hydrogen) atoms. The molecule has 1 heteroatoms. The predicted molar refractivity (Wildman–Crippen MR) is 72.0 cm³/mol. The van der Waals surface area contributed by atoms with Crippen molar-refractivity contribution < 1.29 is 5.11 Å². The van der Waals surface area contributed by atoms with E-state index in [1.165, 1.54) is 37.7 Å². The Morgan fingerprint density at radius 1 is 1.18 bits per heavy atom. The molecule has 0 aromatic heterocycles. The van der Waals surface area contributed by atoms with Crippen molar-refractivity contribution in [2.45, 2.75) is 58.0 Å². The Morgan fingerprint density at radius 2 is 1.88 bits per heavy atom. The van der Waals surface area contributed by atoms with Crippen LogP contribution in [0.15, 0.2) is 24.3 Å². The summed E-state index contributed by atoms with van der Waals surface area (Å²) >= 11 is 0. The number of benzene rings is 1. The minimum absolute atomic E-state index is 0.255. The van der Waals surface area contributed by atoms with Crippen molar-refractivity contribution >= 4 is 0 Å². The summed E-state index contributed by atoms with van der Waals surface area (Å²) < 4.78 is 0. The van der Waals surface area contributed by atoms with E-state index in [-0.39, 0.29) is 6.10 Å². The fraction of sp³-hybridized carbons (Fsp3) is 0.625. The Kier molecular flexibility index (Phi) is 4.61. The molecule has 1 saturated carbocycles. The second kappa shape index (κ2) is 6.20. The highest BCUT2D eigenvalue weighted by Gasteiger charge is 2.19. The molecule has 0 spiro atoms. The van der Waals surface area contributed by atoms with Crippen LogP contribution < -0.4 is 0 Å². The van der Waals surface area contributed by atoms with Gasteiger partial charge in [-0.15, -0.1) is 0 Å². The Bertz CT molecular complexity index is 339. The second-order valence-electron chi connectivity index (χ2n) is 5.31. The van der Waals surface area contributed by atoms with E-state index in [0.29, 0.717) is 0 Å². The van der Waals surface area contributed by atoms with E-state index in [0.717, 1.165) is 24.3 Å². The van der Waals surface area contributed by atoms with E-state index in [1.807, 2.05) is 6.07 Å². The van der Waals surface area contributed by atoms with E-state index in [2.05, 4.69) is 25.1 Å². The van der Waals surface area contributed by atoms with E-state index in [1.54, 1.807) is 0 Å². The van der Waals surface area contributed by atoms with Crippen LogP contribution in [0.1, 0.15) is 62.7 Å². The van der Waals surface area contributed by atoms with Crippen LogP contribution >= 0.6 is 0 Å².